The minimum atomic E-state index is -0.459. The second-order valence-corrected chi connectivity index (χ2v) is 6.72. The highest BCUT2D eigenvalue weighted by Gasteiger charge is 2.28. The van der Waals surface area contributed by atoms with Gasteiger partial charge in [-0.15, -0.1) is 0 Å². The van der Waals surface area contributed by atoms with Crippen molar-refractivity contribution < 1.29 is 4.39 Å². The van der Waals surface area contributed by atoms with Crippen LogP contribution in [0.3, 0.4) is 0 Å². The summed E-state index contributed by atoms with van der Waals surface area (Å²) >= 11 is 6.18. The lowest BCUT2D eigenvalue weighted by Crippen LogP contribution is -2.36. The lowest BCUT2D eigenvalue weighted by atomic mass is 9.95. The van der Waals surface area contributed by atoms with Gasteiger partial charge in [-0.2, -0.15) is 4.39 Å². The molecule has 1 atom stereocenters. The summed E-state index contributed by atoms with van der Waals surface area (Å²) in [5, 5.41) is 4.20. The average Bonchev–Trinajstić information content (AvgIpc) is 2.96. The molecule has 0 saturated heterocycles. The lowest BCUT2D eigenvalue weighted by molar-refractivity contribution is 0.431. The van der Waals surface area contributed by atoms with Crippen molar-refractivity contribution in [3.63, 3.8) is 0 Å². The van der Waals surface area contributed by atoms with E-state index in [2.05, 4.69) is 39.7 Å². The second-order valence-electron chi connectivity index (χ2n) is 6.29. The summed E-state index contributed by atoms with van der Waals surface area (Å²) in [7, 11) is 0. The van der Waals surface area contributed by atoms with Gasteiger partial charge in [0.1, 0.15) is 6.17 Å². The van der Waals surface area contributed by atoms with Crippen molar-refractivity contribution >= 4 is 17.2 Å². The molecule has 4 rings (SSSR count). The quantitative estimate of drug-likeness (QED) is 0.824. The highest BCUT2D eigenvalue weighted by molar-refractivity contribution is 6.30. The summed E-state index contributed by atoms with van der Waals surface area (Å²) in [6.45, 7) is 2.05. The van der Waals surface area contributed by atoms with Gasteiger partial charge in [0.25, 0.3) is 0 Å². The molecule has 1 aromatic heterocycles. The zero-order valence-electron chi connectivity index (χ0n) is 13.7. The molecule has 0 fully saturated rings. The molecule has 2 aliphatic heterocycles. The summed E-state index contributed by atoms with van der Waals surface area (Å²) in [6.07, 6.45) is 8.71. The highest BCUT2D eigenvalue weighted by atomic mass is 35.5. The van der Waals surface area contributed by atoms with Gasteiger partial charge in [0.2, 0.25) is 5.95 Å². The summed E-state index contributed by atoms with van der Waals surface area (Å²) in [5.41, 5.74) is 5.45. The van der Waals surface area contributed by atoms with E-state index in [4.69, 9.17) is 11.6 Å². The molecule has 3 heterocycles. The van der Waals surface area contributed by atoms with E-state index >= 15 is 0 Å². The van der Waals surface area contributed by atoms with Crippen LogP contribution in [0.4, 0.5) is 4.39 Å². The standard InChI is InChI=1S/C20H17ClFN3/c1-13-11-25-12-15(7-14-5-6-19(22)23-10-14)8-18(20(25)24-13)16-3-2-4-17(21)9-16/h2-6,8-12,20,24H,7H2,1H3. The molecule has 25 heavy (non-hydrogen) atoms. The van der Waals surface area contributed by atoms with Crippen molar-refractivity contribution in [3.05, 3.63) is 94.4 Å². The number of nitrogens with zero attached hydrogens (tertiary/aromatic N) is 2. The van der Waals surface area contributed by atoms with Gasteiger partial charge >= 0.3 is 0 Å². The topological polar surface area (TPSA) is 28.2 Å². The molecule has 5 heteroatoms. The number of allylic oxidation sites excluding steroid dienone is 3. The van der Waals surface area contributed by atoms with Crippen LogP contribution < -0.4 is 5.32 Å². The Morgan fingerprint density at radius 3 is 2.88 bits per heavy atom. The minimum absolute atomic E-state index is 0.0635. The van der Waals surface area contributed by atoms with Crippen LogP contribution in [0.5, 0.6) is 0 Å². The third-order valence-corrected chi connectivity index (χ3v) is 4.55. The maximum atomic E-state index is 13.0. The number of fused-ring (bicyclic) bond motifs is 1. The molecule has 3 nitrogen and oxygen atoms in total. The zero-order valence-corrected chi connectivity index (χ0v) is 14.5. The van der Waals surface area contributed by atoms with E-state index < -0.39 is 5.95 Å². The number of hydrogen-bond acceptors (Lipinski definition) is 3. The summed E-state index contributed by atoms with van der Waals surface area (Å²) in [5.74, 6) is -0.459. The summed E-state index contributed by atoms with van der Waals surface area (Å²) in [6, 6.07) is 11.0. The Labute approximate surface area is 151 Å². The predicted molar refractivity (Wildman–Crippen MR) is 97.9 cm³/mol. The Kier molecular flexibility index (Phi) is 4.06. The minimum Gasteiger partial charge on any atom is -0.364 e. The van der Waals surface area contributed by atoms with Crippen molar-refractivity contribution in [1.29, 1.82) is 0 Å². The van der Waals surface area contributed by atoms with Gasteiger partial charge in [0.15, 0.2) is 0 Å². The fourth-order valence-corrected chi connectivity index (χ4v) is 3.43. The smallest absolute Gasteiger partial charge is 0.212 e. The molecule has 1 unspecified atom stereocenters. The SMILES string of the molecule is CC1=CN2C=C(Cc3ccc(F)nc3)C=C(c3cccc(Cl)c3)C2N1. The first-order valence-electron chi connectivity index (χ1n) is 8.09. The fourth-order valence-electron chi connectivity index (χ4n) is 3.24. The van der Waals surface area contributed by atoms with E-state index in [-0.39, 0.29) is 6.17 Å². The first-order chi connectivity index (χ1) is 12.1. The van der Waals surface area contributed by atoms with Crippen LogP contribution in [-0.4, -0.2) is 16.0 Å². The molecule has 0 bridgehead atoms. The number of benzene rings is 1. The van der Waals surface area contributed by atoms with E-state index in [1.807, 2.05) is 25.1 Å². The first-order valence-corrected chi connectivity index (χ1v) is 8.47. The molecule has 2 aromatic rings. The monoisotopic (exact) mass is 353 g/mol. The number of aromatic nitrogens is 1. The van der Waals surface area contributed by atoms with E-state index in [0.717, 1.165) is 28.0 Å². The molecule has 0 aliphatic carbocycles. The van der Waals surface area contributed by atoms with Crippen LogP contribution in [0.1, 0.15) is 18.1 Å². The fraction of sp³-hybridized carbons (Fsp3) is 0.150. The van der Waals surface area contributed by atoms with Crippen molar-refractivity contribution in [3.8, 4) is 0 Å². The largest absolute Gasteiger partial charge is 0.364 e. The predicted octanol–water partition coefficient (Wildman–Crippen LogP) is 4.49. The van der Waals surface area contributed by atoms with Crippen LogP contribution in [-0.2, 0) is 6.42 Å². The van der Waals surface area contributed by atoms with Gasteiger partial charge in [-0.25, -0.2) is 4.98 Å². The van der Waals surface area contributed by atoms with Gasteiger partial charge < -0.3 is 10.2 Å². The molecule has 126 valence electrons. The second kappa shape index (κ2) is 6.37. The van der Waals surface area contributed by atoms with E-state index in [0.29, 0.717) is 11.4 Å². The van der Waals surface area contributed by atoms with E-state index in [9.17, 15) is 4.39 Å². The van der Waals surface area contributed by atoms with Crippen molar-refractivity contribution in [2.45, 2.75) is 19.5 Å². The Morgan fingerprint density at radius 2 is 2.12 bits per heavy atom. The number of nitrogens with one attached hydrogen (secondary N) is 1. The maximum Gasteiger partial charge on any atom is 0.212 e. The van der Waals surface area contributed by atoms with Crippen LogP contribution in [0.25, 0.3) is 5.57 Å². The summed E-state index contributed by atoms with van der Waals surface area (Å²) < 4.78 is 13.0. The molecule has 0 radical (unpaired) electrons. The van der Waals surface area contributed by atoms with E-state index in [1.165, 1.54) is 6.07 Å². The van der Waals surface area contributed by atoms with Gasteiger partial charge in [0, 0.05) is 41.3 Å². The molecule has 0 saturated carbocycles. The molecule has 0 amide bonds. The Hall–Kier alpha value is -2.59. The third kappa shape index (κ3) is 3.30. The molecular formula is C20H17ClFN3. The Balaban J connectivity index is 1.70. The van der Waals surface area contributed by atoms with Gasteiger partial charge in [-0.1, -0.05) is 29.8 Å². The van der Waals surface area contributed by atoms with Crippen molar-refractivity contribution in [2.24, 2.45) is 0 Å². The Bertz CT molecular complexity index is 899. The normalized spacial score (nSPS) is 18.9. The molecule has 1 aromatic carbocycles. The number of rotatable bonds is 3. The number of pyridine rings is 1. The molecule has 2 aliphatic rings. The van der Waals surface area contributed by atoms with Crippen molar-refractivity contribution in [1.82, 2.24) is 15.2 Å². The molecule has 1 N–H and O–H groups in total. The maximum absolute atomic E-state index is 13.0. The van der Waals surface area contributed by atoms with Gasteiger partial charge in [-0.3, -0.25) is 0 Å². The van der Waals surface area contributed by atoms with Crippen LogP contribution in [0.2, 0.25) is 5.02 Å². The third-order valence-electron chi connectivity index (χ3n) is 4.31. The van der Waals surface area contributed by atoms with Crippen LogP contribution >= 0.6 is 11.6 Å². The summed E-state index contributed by atoms with van der Waals surface area (Å²) in [4.78, 5) is 5.91. The van der Waals surface area contributed by atoms with Crippen LogP contribution in [0, 0.1) is 5.95 Å². The van der Waals surface area contributed by atoms with Gasteiger partial charge in [0.05, 0.1) is 0 Å². The first kappa shape index (κ1) is 15.9. The highest BCUT2D eigenvalue weighted by Crippen LogP contribution is 2.33. The van der Waals surface area contributed by atoms with Crippen LogP contribution in [0.15, 0.2) is 72.3 Å². The van der Waals surface area contributed by atoms with Crippen molar-refractivity contribution in [2.75, 3.05) is 0 Å². The average molecular weight is 354 g/mol. The number of halogens is 2. The molecular weight excluding hydrogens is 337 g/mol. The van der Waals surface area contributed by atoms with Gasteiger partial charge in [-0.05, 0) is 47.9 Å². The molecule has 0 spiro atoms. The number of hydrogen-bond donors (Lipinski definition) is 1. The zero-order chi connectivity index (χ0) is 17.4. The lowest BCUT2D eigenvalue weighted by Gasteiger charge is -2.30. The van der Waals surface area contributed by atoms with E-state index in [1.54, 1.807) is 12.3 Å². The Morgan fingerprint density at radius 1 is 1.24 bits per heavy atom.